The fourth-order valence-corrected chi connectivity index (χ4v) is 16.1. The van der Waals surface area contributed by atoms with Gasteiger partial charge < -0.3 is 0 Å². The van der Waals surface area contributed by atoms with Gasteiger partial charge in [0.2, 0.25) is 11.8 Å². The minimum atomic E-state index is -0.319. The molecule has 2 aliphatic heterocycles. The van der Waals surface area contributed by atoms with Crippen molar-refractivity contribution in [2.24, 2.45) is 70.0 Å². The molecule has 8 aliphatic carbocycles. The summed E-state index contributed by atoms with van der Waals surface area (Å²) in [6, 6.07) is 0. The van der Waals surface area contributed by atoms with E-state index in [-0.39, 0.29) is 56.3 Å². The third-order valence-corrected chi connectivity index (χ3v) is 15.2. The van der Waals surface area contributed by atoms with E-state index in [1.54, 1.807) is 7.05 Å². The van der Waals surface area contributed by atoms with Crippen LogP contribution in [0.15, 0.2) is 12.2 Å². The molecule has 10 rings (SSSR count). The third kappa shape index (κ3) is 0.917. The number of amides is 2. The lowest BCUT2D eigenvalue weighted by molar-refractivity contribution is -0.261. The largest absolute Gasteiger partial charge is 0.299 e. The van der Waals surface area contributed by atoms with Gasteiger partial charge in [0.1, 0.15) is 5.78 Å². The molecule has 6 heteroatoms. The highest BCUT2D eigenvalue weighted by molar-refractivity contribution is 8.21. The Morgan fingerprint density at radius 2 is 1.57 bits per heavy atom. The summed E-state index contributed by atoms with van der Waals surface area (Å²) in [6.07, 6.45) is 5.80. The van der Waals surface area contributed by atoms with Crippen LogP contribution in [0.2, 0.25) is 0 Å². The number of thioether (sulfide) groups is 2. The average molecular weight is 412 g/mol. The van der Waals surface area contributed by atoms with Crippen LogP contribution in [0.5, 0.6) is 0 Å². The lowest BCUT2D eigenvalue weighted by Gasteiger charge is -2.78. The number of imide groups is 1. The first-order valence-corrected chi connectivity index (χ1v) is 12.8. The number of ketones is 1. The Morgan fingerprint density at radius 3 is 2.32 bits per heavy atom. The molecule has 3 spiro atoms. The van der Waals surface area contributed by atoms with Crippen molar-refractivity contribution >= 4 is 41.1 Å². The fraction of sp³-hybridized carbons (Fsp3) is 0.773. The zero-order valence-electron chi connectivity index (χ0n) is 15.5. The van der Waals surface area contributed by atoms with Crippen molar-refractivity contribution in [3.8, 4) is 0 Å². The number of likely N-dealkylation sites (tertiary alicyclic amines) is 1. The van der Waals surface area contributed by atoms with Crippen LogP contribution in [0.4, 0.5) is 0 Å². The van der Waals surface area contributed by atoms with E-state index in [0.717, 1.165) is 0 Å². The highest BCUT2D eigenvalue weighted by atomic mass is 32.2. The molecule has 8 fully saturated rings. The molecule has 0 aromatic rings. The maximum atomic E-state index is 14.2. The number of carbonyl (C=O) groups excluding carboxylic acids is 3. The zero-order valence-corrected chi connectivity index (χ0v) is 17.2. The van der Waals surface area contributed by atoms with Crippen molar-refractivity contribution in [1.82, 2.24) is 4.90 Å². The van der Waals surface area contributed by atoms with E-state index in [4.69, 9.17) is 0 Å². The summed E-state index contributed by atoms with van der Waals surface area (Å²) in [5, 5.41) is 0. The van der Waals surface area contributed by atoms with E-state index in [1.807, 2.05) is 0 Å². The van der Waals surface area contributed by atoms with Gasteiger partial charge in [0.25, 0.3) is 0 Å². The van der Waals surface area contributed by atoms with E-state index in [9.17, 15) is 14.4 Å². The third-order valence-electron chi connectivity index (χ3n) is 11.3. The average Bonchev–Trinajstić information content (AvgIpc) is 3.43. The summed E-state index contributed by atoms with van der Waals surface area (Å²) in [4.78, 5) is 42.0. The van der Waals surface area contributed by atoms with Crippen LogP contribution in [0, 0.1) is 70.0 Å². The van der Waals surface area contributed by atoms with Crippen molar-refractivity contribution in [3.05, 3.63) is 12.2 Å². The maximum Gasteiger partial charge on any atom is 0.233 e. The second-order valence-corrected chi connectivity index (χ2v) is 13.8. The van der Waals surface area contributed by atoms with Crippen molar-refractivity contribution in [2.45, 2.75) is 10.5 Å². The summed E-state index contributed by atoms with van der Waals surface area (Å²) >= 11 is 4.31. The number of nitrogens with zero attached hydrogens (tertiary/aromatic N) is 1. The van der Waals surface area contributed by atoms with E-state index >= 15 is 0 Å². The molecule has 4 nitrogen and oxygen atoms in total. The first-order chi connectivity index (χ1) is 13.5. The molecule has 0 aromatic carbocycles. The van der Waals surface area contributed by atoms with E-state index in [2.05, 4.69) is 35.7 Å². The lowest BCUT2D eigenvalue weighted by atomic mass is 9.26. The Balaban J connectivity index is 1.42. The van der Waals surface area contributed by atoms with Crippen molar-refractivity contribution in [1.29, 1.82) is 0 Å². The van der Waals surface area contributed by atoms with Crippen LogP contribution in [0.1, 0.15) is 6.42 Å². The standard InChI is InChI=1S/C22H21NO3S2/c1-23-18(25)12-9-2-3-10(13(12)19(23)26)21-16-8-6-7-11(17(24)20(9,21)15(7)16)14(8)22(21)27-4-5-28-22/h2-3,7-16H,4-6H2,1H3/t7-,8+,9+,10-,11-,12-,13+,14-,15+,16-,20+,21+/m1/s1. The van der Waals surface area contributed by atoms with E-state index < -0.39 is 0 Å². The van der Waals surface area contributed by atoms with Gasteiger partial charge in [-0.3, -0.25) is 19.3 Å². The quantitative estimate of drug-likeness (QED) is 0.450. The highest BCUT2D eigenvalue weighted by Gasteiger charge is 3.03. The smallest absolute Gasteiger partial charge is 0.233 e. The Bertz CT molecular complexity index is 1000. The van der Waals surface area contributed by atoms with Gasteiger partial charge >= 0.3 is 0 Å². The number of hydrogen-bond acceptors (Lipinski definition) is 5. The minimum Gasteiger partial charge on any atom is -0.299 e. The first-order valence-electron chi connectivity index (χ1n) is 10.9. The second kappa shape index (κ2) is 3.81. The van der Waals surface area contributed by atoms with Crippen LogP contribution in [0.3, 0.4) is 0 Å². The van der Waals surface area contributed by atoms with Crippen LogP contribution in [-0.4, -0.2) is 45.1 Å². The summed E-state index contributed by atoms with van der Waals surface area (Å²) < 4.78 is 0.131. The van der Waals surface area contributed by atoms with Gasteiger partial charge in [-0.1, -0.05) is 12.2 Å². The number of allylic oxidation sites excluding steroid dienone is 2. The molecular formula is C22H21NO3S2. The molecular weight excluding hydrogens is 390 g/mol. The van der Waals surface area contributed by atoms with Gasteiger partial charge in [0.15, 0.2) is 0 Å². The highest BCUT2D eigenvalue weighted by Crippen LogP contribution is 3.01. The van der Waals surface area contributed by atoms with Crippen molar-refractivity contribution in [2.75, 3.05) is 18.6 Å². The molecule has 0 aromatic heterocycles. The lowest BCUT2D eigenvalue weighted by Crippen LogP contribution is -2.81. The molecule has 10 aliphatic rings. The van der Waals surface area contributed by atoms with Gasteiger partial charge in [0, 0.05) is 41.2 Å². The van der Waals surface area contributed by atoms with Crippen LogP contribution in [0.25, 0.3) is 0 Å². The summed E-state index contributed by atoms with van der Waals surface area (Å²) in [5.74, 6) is 5.73. The fourth-order valence-electron chi connectivity index (χ4n) is 11.6. The van der Waals surface area contributed by atoms with Crippen LogP contribution >= 0.6 is 23.5 Å². The molecule has 2 amide bonds. The monoisotopic (exact) mass is 411 g/mol. The van der Waals surface area contributed by atoms with Crippen molar-refractivity contribution in [3.63, 3.8) is 0 Å². The molecule has 2 heterocycles. The summed E-state index contributed by atoms with van der Waals surface area (Å²) in [5.41, 5.74) is -0.368. The van der Waals surface area contributed by atoms with Crippen LogP contribution in [-0.2, 0) is 14.4 Å². The SMILES string of the molecule is CN1C(=O)[C@@H]2[C@H](C1=O)[C@@H]1C=C[C@H]2[C@]23[C@@H]4[C@H]5C[C@@H]6[C@@H](C(=O)[C@@]12[C@@H]64)[C@@H]5C31SCCS1. The topological polar surface area (TPSA) is 54.5 Å². The summed E-state index contributed by atoms with van der Waals surface area (Å²) in [6.45, 7) is 0. The number of rotatable bonds is 0. The predicted octanol–water partition coefficient (Wildman–Crippen LogP) is 1.91. The molecule has 12 atom stereocenters. The maximum absolute atomic E-state index is 14.2. The van der Waals surface area contributed by atoms with Gasteiger partial charge in [0.05, 0.1) is 15.9 Å². The second-order valence-electron chi connectivity index (χ2n) is 10.9. The van der Waals surface area contributed by atoms with Gasteiger partial charge in [-0.05, 0) is 41.9 Å². The first kappa shape index (κ1) is 15.1. The Kier molecular flexibility index (Phi) is 2.06. The Morgan fingerprint density at radius 1 is 0.893 bits per heavy atom. The molecule has 28 heavy (non-hydrogen) atoms. The number of fused-ring (bicyclic) bond motifs is 2. The van der Waals surface area contributed by atoms with Crippen molar-refractivity contribution < 1.29 is 14.4 Å². The number of carbonyl (C=O) groups is 3. The van der Waals surface area contributed by atoms with Gasteiger partial charge in [-0.15, -0.1) is 23.5 Å². The van der Waals surface area contributed by atoms with Gasteiger partial charge in [-0.2, -0.15) is 0 Å². The normalized spacial score (nSPS) is 66.6. The molecule has 144 valence electrons. The molecule has 6 saturated carbocycles. The number of hydrogen-bond donors (Lipinski definition) is 0. The molecule has 4 bridgehead atoms. The Labute approximate surface area is 171 Å². The van der Waals surface area contributed by atoms with E-state index in [0.29, 0.717) is 35.4 Å². The molecule has 2 saturated heterocycles. The van der Waals surface area contributed by atoms with Crippen LogP contribution < -0.4 is 0 Å². The van der Waals surface area contributed by atoms with E-state index in [1.165, 1.54) is 22.8 Å². The predicted molar refractivity (Wildman–Crippen MR) is 104 cm³/mol. The summed E-state index contributed by atoms with van der Waals surface area (Å²) in [7, 11) is 1.66. The molecule has 0 unspecified atom stereocenters. The zero-order chi connectivity index (χ0) is 18.5. The number of Topliss-reactive ketones (excluding diaryl/α,β-unsaturated/α-hetero) is 1. The molecule has 0 N–H and O–H groups in total. The Hall–Kier alpha value is -0.750. The molecule has 0 radical (unpaired) electrons. The van der Waals surface area contributed by atoms with Gasteiger partial charge in [-0.25, -0.2) is 0 Å². The minimum absolute atomic E-state index is 0.0136.